The number of allylic oxidation sites excluding steroid dienone is 4. The summed E-state index contributed by atoms with van der Waals surface area (Å²) in [5, 5.41) is 1.24. The van der Waals surface area contributed by atoms with Crippen LogP contribution in [0.5, 0.6) is 0 Å². The van der Waals surface area contributed by atoms with Crippen LogP contribution in [0.25, 0.3) is 0 Å². The summed E-state index contributed by atoms with van der Waals surface area (Å²) in [5.74, 6) is 2.21. The van der Waals surface area contributed by atoms with E-state index in [4.69, 9.17) is 0 Å². The zero-order valence-electron chi connectivity index (χ0n) is 14.7. The van der Waals surface area contributed by atoms with Crippen LogP contribution in [0.1, 0.15) is 52.4 Å². The Morgan fingerprint density at radius 2 is 2.04 bits per heavy atom. The van der Waals surface area contributed by atoms with Gasteiger partial charge in [0.1, 0.15) is 0 Å². The molecule has 4 aliphatic rings. The van der Waals surface area contributed by atoms with E-state index in [2.05, 4.69) is 26.6 Å². The van der Waals surface area contributed by atoms with E-state index < -0.39 is 7.26 Å². The second kappa shape index (κ2) is 5.12. The molecule has 4 atom stereocenters. The molecule has 2 nitrogen and oxygen atoms in total. The monoisotopic (exact) mass is 332 g/mol. The molecule has 0 amide bonds. The van der Waals surface area contributed by atoms with Crippen molar-refractivity contribution in [3.8, 4) is 0 Å². The molecule has 0 bridgehead atoms. The Bertz CT molecular complexity index is 646. The molecule has 0 aromatic rings. The molecule has 1 saturated carbocycles. The van der Waals surface area contributed by atoms with Crippen LogP contribution in [0, 0.1) is 17.3 Å². The van der Waals surface area contributed by atoms with Crippen molar-refractivity contribution in [2.75, 3.05) is 12.8 Å². The molecule has 2 aliphatic carbocycles. The fourth-order valence-corrected chi connectivity index (χ4v) is 12.0. The van der Waals surface area contributed by atoms with Gasteiger partial charge in [-0.3, -0.25) is 0 Å². The van der Waals surface area contributed by atoms with Crippen LogP contribution in [0.3, 0.4) is 0 Å². The van der Waals surface area contributed by atoms with Gasteiger partial charge in [0, 0.05) is 0 Å². The van der Waals surface area contributed by atoms with Crippen LogP contribution in [-0.4, -0.2) is 30.1 Å². The molecule has 3 heteroatoms. The first-order valence-electron chi connectivity index (χ1n) is 9.34. The van der Waals surface area contributed by atoms with Crippen LogP contribution in [-0.2, 0) is 9.59 Å². The van der Waals surface area contributed by atoms with Gasteiger partial charge in [-0.15, -0.1) is 0 Å². The number of fused-ring (bicyclic) bond motifs is 5. The van der Waals surface area contributed by atoms with Crippen LogP contribution in [0.15, 0.2) is 23.0 Å². The number of carbonyl (C=O) groups excluding carboxylic acids is 2. The molecule has 2 saturated heterocycles. The van der Waals surface area contributed by atoms with Crippen LogP contribution in [0.2, 0.25) is 0 Å². The van der Waals surface area contributed by atoms with E-state index in [-0.39, 0.29) is 5.41 Å². The van der Waals surface area contributed by atoms with Gasteiger partial charge in [-0.05, 0) is 0 Å². The van der Waals surface area contributed by atoms with E-state index in [0.717, 1.165) is 31.6 Å². The Hall–Kier alpha value is -0.750. The predicted octanol–water partition coefficient (Wildman–Crippen LogP) is 4.34. The van der Waals surface area contributed by atoms with Gasteiger partial charge in [-0.2, -0.15) is 0 Å². The number of hydrogen-bond acceptors (Lipinski definition) is 2. The SMILES string of the molecule is C/C=C1\C(=O)CC2[C@@H]3CCC4=CC(=O)CCC4(C)C3CC[PH]12C. The first kappa shape index (κ1) is 15.8. The molecule has 0 radical (unpaired) electrons. The van der Waals surface area contributed by atoms with Crippen molar-refractivity contribution in [3.63, 3.8) is 0 Å². The summed E-state index contributed by atoms with van der Waals surface area (Å²) < 4.78 is 0. The molecule has 0 spiro atoms. The van der Waals surface area contributed by atoms with Crippen LogP contribution in [0.4, 0.5) is 0 Å². The molecule has 3 unspecified atom stereocenters. The Morgan fingerprint density at radius 1 is 1.26 bits per heavy atom. The van der Waals surface area contributed by atoms with E-state index in [1.807, 2.05) is 6.08 Å². The minimum absolute atomic E-state index is 0.230. The van der Waals surface area contributed by atoms with Crippen molar-refractivity contribution >= 4 is 18.8 Å². The maximum absolute atomic E-state index is 12.6. The standard InChI is InChI=1S/C20H29O2P/c1-4-18-17(22)12-19-15-6-5-13-11-14(21)7-9-20(13,2)16(15)8-10-23(18,19)3/h4,11,15-16,19,23H,5-10,12H2,1-3H3/b18-4+/t15-,16?,19?,20?/m1/s1. The molecular formula is C20H29O2P. The molecule has 0 aromatic carbocycles. The van der Waals surface area contributed by atoms with Crippen molar-refractivity contribution in [2.24, 2.45) is 17.3 Å². The second-order valence-electron chi connectivity index (χ2n) is 8.75. The summed E-state index contributed by atoms with van der Waals surface area (Å²) >= 11 is 0. The van der Waals surface area contributed by atoms with E-state index >= 15 is 0 Å². The van der Waals surface area contributed by atoms with Crippen molar-refractivity contribution in [1.82, 2.24) is 0 Å². The Balaban J connectivity index is 1.72. The summed E-state index contributed by atoms with van der Waals surface area (Å²) in [6, 6.07) is 0. The quantitative estimate of drug-likeness (QED) is 0.488. The zero-order valence-corrected chi connectivity index (χ0v) is 15.7. The van der Waals surface area contributed by atoms with Gasteiger partial charge in [0.2, 0.25) is 0 Å². The Morgan fingerprint density at radius 3 is 2.78 bits per heavy atom. The minimum atomic E-state index is -1.58. The molecular weight excluding hydrogens is 303 g/mol. The van der Waals surface area contributed by atoms with Gasteiger partial charge in [-0.25, -0.2) is 0 Å². The van der Waals surface area contributed by atoms with Gasteiger partial charge >= 0.3 is 140 Å². The normalized spacial score (nSPS) is 45.1. The zero-order chi connectivity index (χ0) is 16.4. The molecule has 3 fully saturated rings. The Kier molecular flexibility index (Phi) is 3.51. The molecule has 2 aliphatic heterocycles. The molecule has 0 N–H and O–H groups in total. The van der Waals surface area contributed by atoms with Crippen LogP contribution < -0.4 is 0 Å². The number of Topliss-reactive ketones (excluding diaryl/α,β-unsaturated/α-hetero) is 1. The number of ketones is 2. The average Bonchev–Trinajstić information content (AvgIpc) is 2.77. The molecule has 2 heterocycles. The third kappa shape index (κ3) is 2.03. The molecule has 4 rings (SSSR count). The molecule has 126 valence electrons. The van der Waals surface area contributed by atoms with Crippen LogP contribution >= 0.6 is 7.26 Å². The maximum atomic E-state index is 12.6. The number of rotatable bonds is 0. The summed E-state index contributed by atoms with van der Waals surface area (Å²) in [4.78, 5) is 24.4. The average molecular weight is 332 g/mol. The van der Waals surface area contributed by atoms with Crippen molar-refractivity contribution < 1.29 is 9.59 Å². The van der Waals surface area contributed by atoms with E-state index in [1.165, 1.54) is 29.9 Å². The Labute approximate surface area is 140 Å². The molecule has 23 heavy (non-hydrogen) atoms. The summed E-state index contributed by atoms with van der Waals surface area (Å²) in [5.41, 5.74) is 2.32. The van der Waals surface area contributed by atoms with Gasteiger partial charge in [-0.1, -0.05) is 0 Å². The third-order valence-electron chi connectivity index (χ3n) is 7.96. The topological polar surface area (TPSA) is 34.1 Å². The molecule has 0 aromatic heterocycles. The van der Waals surface area contributed by atoms with Gasteiger partial charge in [0.25, 0.3) is 0 Å². The van der Waals surface area contributed by atoms with Crippen molar-refractivity contribution in [3.05, 3.63) is 23.0 Å². The summed E-state index contributed by atoms with van der Waals surface area (Å²) in [6.07, 6.45) is 11.5. The predicted molar refractivity (Wildman–Crippen MR) is 97.5 cm³/mol. The van der Waals surface area contributed by atoms with E-state index in [9.17, 15) is 9.59 Å². The first-order chi connectivity index (χ1) is 10.9. The van der Waals surface area contributed by atoms with E-state index in [0.29, 0.717) is 23.1 Å². The van der Waals surface area contributed by atoms with Gasteiger partial charge in [0.05, 0.1) is 0 Å². The van der Waals surface area contributed by atoms with Crippen molar-refractivity contribution in [1.29, 1.82) is 0 Å². The van der Waals surface area contributed by atoms with Gasteiger partial charge in [0.15, 0.2) is 0 Å². The van der Waals surface area contributed by atoms with Crippen molar-refractivity contribution in [2.45, 2.75) is 58.0 Å². The summed E-state index contributed by atoms with van der Waals surface area (Å²) in [7, 11) is -1.58. The van der Waals surface area contributed by atoms with Gasteiger partial charge < -0.3 is 0 Å². The first-order valence-corrected chi connectivity index (χ1v) is 12.1. The fraction of sp³-hybridized carbons (Fsp3) is 0.700. The van der Waals surface area contributed by atoms with E-state index in [1.54, 1.807) is 0 Å². The third-order valence-corrected chi connectivity index (χ3v) is 13.4. The summed E-state index contributed by atoms with van der Waals surface area (Å²) in [6.45, 7) is 6.96. The fourth-order valence-electron chi connectivity index (χ4n) is 6.71. The second-order valence-corrected chi connectivity index (χ2v) is 13.4. The number of carbonyl (C=O) groups is 2. The number of hydrogen-bond donors (Lipinski definition) is 0.